The summed E-state index contributed by atoms with van der Waals surface area (Å²) in [5.41, 5.74) is 1.53. The van der Waals surface area contributed by atoms with E-state index in [2.05, 4.69) is 5.32 Å². The van der Waals surface area contributed by atoms with Gasteiger partial charge in [0.2, 0.25) is 0 Å². The van der Waals surface area contributed by atoms with Crippen LogP contribution < -0.4 is 5.32 Å². The number of amides is 2. The largest absolute Gasteiger partial charge is 0.459 e. The van der Waals surface area contributed by atoms with E-state index in [1.807, 2.05) is 6.92 Å². The van der Waals surface area contributed by atoms with E-state index in [4.69, 9.17) is 9.15 Å². The van der Waals surface area contributed by atoms with Crippen LogP contribution in [0.2, 0.25) is 0 Å². The second kappa shape index (κ2) is 8.53. The van der Waals surface area contributed by atoms with Crippen LogP contribution in [0.1, 0.15) is 45.7 Å². The van der Waals surface area contributed by atoms with Crippen molar-refractivity contribution in [1.82, 2.24) is 4.90 Å². The van der Waals surface area contributed by atoms with Crippen molar-refractivity contribution in [3.05, 3.63) is 53.5 Å². The number of likely N-dealkylation sites (tertiary alicyclic amines) is 1. The van der Waals surface area contributed by atoms with E-state index in [-0.39, 0.29) is 23.8 Å². The average Bonchev–Trinajstić information content (AvgIpc) is 3.23. The second-order valence-corrected chi connectivity index (χ2v) is 6.48. The maximum absolute atomic E-state index is 12.3. The van der Waals surface area contributed by atoms with Crippen LogP contribution >= 0.6 is 0 Å². The van der Waals surface area contributed by atoms with Crippen LogP contribution in [-0.4, -0.2) is 42.4 Å². The number of nitrogens with one attached hydrogen (secondary N) is 1. The molecule has 2 amide bonds. The number of carbonyl (C=O) groups excluding carboxylic acids is 3. The Kier molecular flexibility index (Phi) is 5.90. The predicted octanol–water partition coefficient (Wildman–Crippen LogP) is 3.01. The summed E-state index contributed by atoms with van der Waals surface area (Å²) in [4.78, 5) is 38.2. The first-order chi connectivity index (χ1) is 13.0. The Morgan fingerprint density at radius 3 is 2.63 bits per heavy atom. The van der Waals surface area contributed by atoms with Crippen molar-refractivity contribution in [2.24, 2.45) is 0 Å². The zero-order valence-electron chi connectivity index (χ0n) is 15.2. The van der Waals surface area contributed by atoms with Gasteiger partial charge >= 0.3 is 5.97 Å². The predicted molar refractivity (Wildman–Crippen MR) is 98.6 cm³/mol. The molecule has 1 N–H and O–H groups in total. The number of rotatable bonds is 5. The highest BCUT2D eigenvalue weighted by atomic mass is 16.5. The number of piperidine rings is 1. The van der Waals surface area contributed by atoms with Crippen molar-refractivity contribution in [2.45, 2.75) is 26.2 Å². The Morgan fingerprint density at radius 1 is 1.15 bits per heavy atom. The van der Waals surface area contributed by atoms with Gasteiger partial charge in [0, 0.05) is 18.8 Å². The summed E-state index contributed by atoms with van der Waals surface area (Å²) >= 11 is 0. The molecule has 0 aliphatic carbocycles. The lowest BCUT2D eigenvalue weighted by Crippen LogP contribution is -2.38. The number of anilines is 1. The average molecular weight is 370 g/mol. The highest BCUT2D eigenvalue weighted by molar-refractivity contribution is 6.03. The first-order valence-electron chi connectivity index (χ1n) is 8.95. The van der Waals surface area contributed by atoms with Crippen molar-refractivity contribution in [1.29, 1.82) is 0 Å². The first-order valence-corrected chi connectivity index (χ1v) is 8.95. The van der Waals surface area contributed by atoms with E-state index in [9.17, 15) is 14.4 Å². The number of aryl methyl sites for hydroxylation is 1. The van der Waals surface area contributed by atoms with Gasteiger partial charge in [0.1, 0.15) is 0 Å². The summed E-state index contributed by atoms with van der Waals surface area (Å²) in [5, 5.41) is 2.71. The van der Waals surface area contributed by atoms with E-state index >= 15 is 0 Å². The molecule has 0 saturated carbocycles. The third kappa shape index (κ3) is 4.75. The maximum atomic E-state index is 12.3. The molecule has 1 aliphatic heterocycles. The fraction of sp³-hybridized carbons (Fsp3) is 0.350. The summed E-state index contributed by atoms with van der Waals surface area (Å²) in [6.07, 6.45) is 4.50. The minimum atomic E-state index is -0.603. The van der Waals surface area contributed by atoms with Crippen molar-refractivity contribution in [2.75, 3.05) is 25.0 Å². The molecule has 2 heterocycles. The molecule has 1 aliphatic rings. The van der Waals surface area contributed by atoms with Crippen LogP contribution in [0, 0.1) is 6.92 Å². The molecule has 1 aromatic carbocycles. The molecule has 0 unspecified atom stereocenters. The molecule has 1 aromatic heterocycles. The van der Waals surface area contributed by atoms with Crippen LogP contribution in [-0.2, 0) is 9.53 Å². The zero-order chi connectivity index (χ0) is 19.2. The molecule has 0 atom stereocenters. The molecule has 7 nitrogen and oxygen atoms in total. The van der Waals surface area contributed by atoms with Gasteiger partial charge in [-0.3, -0.25) is 9.59 Å². The van der Waals surface area contributed by atoms with Crippen molar-refractivity contribution >= 4 is 23.5 Å². The Bertz CT molecular complexity index is 823. The Labute approximate surface area is 157 Å². The van der Waals surface area contributed by atoms with Crippen LogP contribution in [0.5, 0.6) is 0 Å². The third-order valence-electron chi connectivity index (χ3n) is 4.50. The van der Waals surface area contributed by atoms with Crippen molar-refractivity contribution in [3.8, 4) is 0 Å². The van der Waals surface area contributed by atoms with Crippen LogP contribution in [0.3, 0.4) is 0 Å². The van der Waals surface area contributed by atoms with Gasteiger partial charge in [-0.15, -0.1) is 0 Å². The van der Waals surface area contributed by atoms with Gasteiger partial charge in [0.25, 0.3) is 11.8 Å². The number of carbonyl (C=O) groups is 3. The molecule has 2 aromatic rings. The quantitative estimate of drug-likeness (QED) is 0.818. The Balaban J connectivity index is 1.61. The first kappa shape index (κ1) is 18.7. The fourth-order valence-corrected chi connectivity index (χ4v) is 2.92. The highest BCUT2D eigenvalue weighted by Gasteiger charge is 2.19. The lowest BCUT2D eigenvalue weighted by Gasteiger charge is -2.26. The number of furan rings is 1. The summed E-state index contributed by atoms with van der Waals surface area (Å²) in [6, 6.07) is 8.01. The van der Waals surface area contributed by atoms with Crippen molar-refractivity contribution in [3.63, 3.8) is 0 Å². The van der Waals surface area contributed by atoms with E-state index < -0.39 is 11.9 Å². The zero-order valence-corrected chi connectivity index (χ0v) is 15.2. The van der Waals surface area contributed by atoms with E-state index in [1.54, 1.807) is 29.2 Å². The number of ether oxygens (including phenoxy) is 1. The summed E-state index contributed by atoms with van der Waals surface area (Å²) < 4.78 is 10.2. The topological polar surface area (TPSA) is 88.9 Å². The molecule has 0 bridgehead atoms. The summed E-state index contributed by atoms with van der Waals surface area (Å²) in [7, 11) is 0. The number of hydrogen-bond donors (Lipinski definition) is 1. The van der Waals surface area contributed by atoms with E-state index in [1.165, 1.54) is 12.3 Å². The normalized spacial score (nSPS) is 13.9. The molecule has 142 valence electrons. The van der Waals surface area contributed by atoms with E-state index in [0.717, 1.165) is 24.8 Å². The lowest BCUT2D eigenvalue weighted by molar-refractivity contribution is -0.135. The molecule has 0 radical (unpaired) electrons. The minimum absolute atomic E-state index is 0.175. The fourth-order valence-electron chi connectivity index (χ4n) is 2.92. The smallest absolute Gasteiger partial charge is 0.338 e. The number of esters is 1. The Morgan fingerprint density at radius 2 is 1.93 bits per heavy atom. The molecule has 3 rings (SSSR count). The molecular formula is C20H22N2O5. The highest BCUT2D eigenvalue weighted by Crippen LogP contribution is 2.19. The SMILES string of the molecule is Cc1ccc(C(=O)OCC(=O)N2CCCCC2)cc1NC(=O)c1ccco1. The van der Waals surface area contributed by atoms with Crippen LogP contribution in [0.15, 0.2) is 41.0 Å². The summed E-state index contributed by atoms with van der Waals surface area (Å²) in [5.74, 6) is -1.02. The molecule has 1 saturated heterocycles. The molecule has 27 heavy (non-hydrogen) atoms. The molecular weight excluding hydrogens is 348 g/mol. The van der Waals surface area contributed by atoms with Gasteiger partial charge < -0.3 is 19.4 Å². The molecule has 0 spiro atoms. The van der Waals surface area contributed by atoms with Gasteiger partial charge in [-0.25, -0.2) is 4.79 Å². The molecule has 1 fully saturated rings. The van der Waals surface area contributed by atoms with E-state index in [0.29, 0.717) is 18.8 Å². The van der Waals surface area contributed by atoms with Gasteiger partial charge in [-0.2, -0.15) is 0 Å². The third-order valence-corrected chi connectivity index (χ3v) is 4.50. The summed E-state index contributed by atoms with van der Waals surface area (Å²) in [6.45, 7) is 2.96. The van der Waals surface area contributed by atoms with Gasteiger partial charge in [-0.1, -0.05) is 6.07 Å². The standard InChI is InChI=1S/C20H22N2O5/c1-14-7-8-15(12-16(14)21-19(24)17-6-5-11-26-17)20(25)27-13-18(23)22-9-3-2-4-10-22/h5-8,11-12H,2-4,9-10,13H2,1H3,(H,21,24). The lowest BCUT2D eigenvalue weighted by atomic mass is 10.1. The second-order valence-electron chi connectivity index (χ2n) is 6.48. The number of hydrogen-bond acceptors (Lipinski definition) is 5. The minimum Gasteiger partial charge on any atom is -0.459 e. The Hall–Kier alpha value is -3.09. The van der Waals surface area contributed by atoms with Gasteiger partial charge in [-0.05, 0) is 56.0 Å². The number of benzene rings is 1. The van der Waals surface area contributed by atoms with Gasteiger partial charge in [0.05, 0.1) is 11.8 Å². The number of nitrogens with zero attached hydrogens (tertiary/aromatic N) is 1. The van der Waals surface area contributed by atoms with Gasteiger partial charge in [0.15, 0.2) is 12.4 Å². The van der Waals surface area contributed by atoms with Crippen molar-refractivity contribution < 1.29 is 23.5 Å². The molecule has 7 heteroatoms. The van der Waals surface area contributed by atoms with Crippen LogP contribution in [0.4, 0.5) is 5.69 Å². The monoisotopic (exact) mass is 370 g/mol. The maximum Gasteiger partial charge on any atom is 0.338 e. The van der Waals surface area contributed by atoms with Crippen LogP contribution in [0.25, 0.3) is 0 Å².